The maximum atomic E-state index is 11.2. The van der Waals surface area contributed by atoms with Gasteiger partial charge in [0, 0.05) is 17.9 Å². The van der Waals surface area contributed by atoms with Gasteiger partial charge in [0.2, 0.25) is 5.91 Å². The summed E-state index contributed by atoms with van der Waals surface area (Å²) in [5.74, 6) is -2.09. The van der Waals surface area contributed by atoms with E-state index in [-0.39, 0.29) is 12.3 Å². The van der Waals surface area contributed by atoms with Gasteiger partial charge in [0.15, 0.2) is 0 Å². The lowest BCUT2D eigenvalue weighted by molar-refractivity contribution is -0.140. The number of hydrogen-bond acceptors (Lipinski definition) is 2. The summed E-state index contributed by atoms with van der Waals surface area (Å²) in [5.41, 5.74) is 0.616. The number of carboxylic acids is 1. The fourth-order valence-electron chi connectivity index (χ4n) is 1.36. The average Bonchev–Trinajstić information content (AvgIpc) is 2.25. The van der Waals surface area contributed by atoms with Crippen molar-refractivity contribution in [3.63, 3.8) is 0 Å². The molecule has 1 unspecified atom stereocenters. The number of aliphatic carboxylic acids is 1. The van der Waals surface area contributed by atoms with E-state index in [0.717, 1.165) is 4.47 Å². The van der Waals surface area contributed by atoms with Gasteiger partial charge in [-0.25, -0.2) is 0 Å². The van der Waals surface area contributed by atoms with E-state index in [1.165, 1.54) is 7.05 Å². The van der Waals surface area contributed by atoms with Gasteiger partial charge < -0.3 is 10.4 Å². The van der Waals surface area contributed by atoms with Crippen LogP contribution in [0.25, 0.3) is 0 Å². The molecular weight excluding hydrogens is 274 g/mol. The van der Waals surface area contributed by atoms with Gasteiger partial charge in [0.1, 0.15) is 0 Å². The minimum absolute atomic E-state index is 0.0533. The number of hydrogen-bond donors (Lipinski definition) is 2. The molecule has 1 amide bonds. The molecule has 0 bridgehead atoms. The van der Waals surface area contributed by atoms with E-state index < -0.39 is 11.9 Å². The van der Waals surface area contributed by atoms with Crippen LogP contribution in [-0.2, 0) is 9.59 Å². The summed E-state index contributed by atoms with van der Waals surface area (Å²) in [4.78, 5) is 22.3. The second-order valence-electron chi connectivity index (χ2n) is 3.32. The van der Waals surface area contributed by atoms with Crippen LogP contribution in [0.4, 0.5) is 0 Å². The van der Waals surface area contributed by atoms with Gasteiger partial charge in [-0.15, -0.1) is 0 Å². The predicted molar refractivity (Wildman–Crippen MR) is 63.2 cm³/mol. The number of amides is 1. The fourth-order valence-corrected chi connectivity index (χ4v) is 1.78. The van der Waals surface area contributed by atoms with Crippen LogP contribution in [-0.4, -0.2) is 24.0 Å². The molecule has 0 saturated carbocycles. The number of benzene rings is 1. The second-order valence-corrected chi connectivity index (χ2v) is 4.24. The Hall–Kier alpha value is -1.36. The maximum Gasteiger partial charge on any atom is 0.311 e. The molecule has 4 nitrogen and oxygen atoms in total. The summed E-state index contributed by atoms with van der Waals surface area (Å²) in [6.45, 7) is 0. The van der Waals surface area contributed by atoms with E-state index in [2.05, 4.69) is 21.2 Å². The molecule has 0 fully saturated rings. The molecule has 1 aromatic rings. The van der Waals surface area contributed by atoms with Crippen molar-refractivity contribution in [1.29, 1.82) is 0 Å². The van der Waals surface area contributed by atoms with Gasteiger partial charge in [-0.3, -0.25) is 9.59 Å². The van der Waals surface area contributed by atoms with Crippen LogP contribution in [0.15, 0.2) is 28.7 Å². The van der Waals surface area contributed by atoms with E-state index >= 15 is 0 Å². The molecule has 5 heteroatoms. The molecule has 0 saturated heterocycles. The molecule has 0 aliphatic rings. The lowest BCUT2D eigenvalue weighted by Crippen LogP contribution is -2.24. The Balaban J connectivity index is 2.94. The molecule has 0 aromatic heterocycles. The third-order valence-electron chi connectivity index (χ3n) is 2.22. The Morgan fingerprint density at radius 3 is 2.69 bits per heavy atom. The van der Waals surface area contributed by atoms with Crippen LogP contribution in [0.3, 0.4) is 0 Å². The molecule has 86 valence electrons. The van der Waals surface area contributed by atoms with E-state index in [1.807, 2.05) is 6.07 Å². The monoisotopic (exact) mass is 285 g/mol. The number of halogens is 1. The molecule has 16 heavy (non-hydrogen) atoms. The van der Waals surface area contributed by atoms with Gasteiger partial charge in [-0.1, -0.05) is 28.1 Å². The zero-order valence-electron chi connectivity index (χ0n) is 8.74. The molecule has 0 heterocycles. The number of rotatable bonds is 4. The summed E-state index contributed by atoms with van der Waals surface area (Å²) >= 11 is 3.27. The Morgan fingerprint density at radius 1 is 1.50 bits per heavy atom. The number of carbonyl (C=O) groups excluding carboxylic acids is 1. The molecule has 1 atom stereocenters. The molecule has 0 aliphatic carbocycles. The first-order chi connectivity index (χ1) is 7.54. The van der Waals surface area contributed by atoms with E-state index in [0.29, 0.717) is 5.56 Å². The summed E-state index contributed by atoms with van der Waals surface area (Å²) < 4.78 is 0.799. The summed E-state index contributed by atoms with van der Waals surface area (Å²) in [7, 11) is 1.49. The van der Waals surface area contributed by atoms with Gasteiger partial charge in [0.05, 0.1) is 5.92 Å². The van der Waals surface area contributed by atoms with Crippen molar-refractivity contribution in [2.24, 2.45) is 0 Å². The van der Waals surface area contributed by atoms with Crippen molar-refractivity contribution in [3.05, 3.63) is 34.3 Å². The van der Waals surface area contributed by atoms with Crippen molar-refractivity contribution < 1.29 is 14.7 Å². The summed E-state index contributed by atoms with van der Waals surface area (Å²) in [5, 5.41) is 11.5. The Bertz CT molecular complexity index is 406. The van der Waals surface area contributed by atoms with Crippen molar-refractivity contribution in [3.8, 4) is 0 Å². The normalized spacial score (nSPS) is 11.9. The summed E-state index contributed by atoms with van der Waals surface area (Å²) in [6.07, 6.45) is -0.0533. The van der Waals surface area contributed by atoms with Crippen molar-refractivity contribution >= 4 is 27.8 Å². The minimum Gasteiger partial charge on any atom is -0.481 e. The van der Waals surface area contributed by atoms with Crippen molar-refractivity contribution in [2.75, 3.05) is 7.05 Å². The highest BCUT2D eigenvalue weighted by molar-refractivity contribution is 9.10. The quantitative estimate of drug-likeness (QED) is 0.886. The average molecular weight is 286 g/mol. The smallest absolute Gasteiger partial charge is 0.311 e. The third-order valence-corrected chi connectivity index (χ3v) is 2.71. The molecule has 1 rings (SSSR count). The summed E-state index contributed by atoms with van der Waals surface area (Å²) in [6, 6.07) is 6.97. The van der Waals surface area contributed by atoms with E-state index in [9.17, 15) is 9.59 Å². The zero-order valence-corrected chi connectivity index (χ0v) is 10.3. The molecule has 2 N–H and O–H groups in total. The largest absolute Gasteiger partial charge is 0.481 e. The number of carbonyl (C=O) groups is 2. The number of nitrogens with one attached hydrogen (secondary N) is 1. The molecule has 0 aliphatic heterocycles. The number of carboxylic acid groups (broad SMARTS) is 1. The SMILES string of the molecule is CNC(=O)CC(C(=O)O)c1cccc(Br)c1. The van der Waals surface area contributed by atoms with Gasteiger partial charge in [-0.2, -0.15) is 0 Å². The lowest BCUT2D eigenvalue weighted by atomic mass is 9.95. The van der Waals surface area contributed by atoms with Gasteiger partial charge >= 0.3 is 5.97 Å². The molecule has 0 radical (unpaired) electrons. The maximum absolute atomic E-state index is 11.2. The van der Waals surface area contributed by atoms with Crippen LogP contribution in [0.5, 0.6) is 0 Å². The van der Waals surface area contributed by atoms with E-state index in [1.54, 1.807) is 18.2 Å². The van der Waals surface area contributed by atoms with Crippen LogP contribution >= 0.6 is 15.9 Å². The van der Waals surface area contributed by atoms with Crippen molar-refractivity contribution in [2.45, 2.75) is 12.3 Å². The molecule has 0 spiro atoms. The Morgan fingerprint density at radius 2 is 2.19 bits per heavy atom. The molecular formula is C11H12BrNO3. The predicted octanol–water partition coefficient (Wildman–Crippen LogP) is 1.75. The third kappa shape index (κ3) is 3.34. The van der Waals surface area contributed by atoms with Gasteiger partial charge in [-0.05, 0) is 17.7 Å². The first kappa shape index (κ1) is 12.7. The fraction of sp³-hybridized carbons (Fsp3) is 0.273. The van der Waals surface area contributed by atoms with E-state index in [4.69, 9.17) is 5.11 Å². The lowest BCUT2D eigenvalue weighted by Gasteiger charge is -2.11. The first-order valence-corrected chi connectivity index (χ1v) is 5.52. The topological polar surface area (TPSA) is 66.4 Å². The highest BCUT2D eigenvalue weighted by atomic mass is 79.9. The second kappa shape index (κ2) is 5.65. The standard InChI is InChI=1S/C11H12BrNO3/c1-13-10(14)6-9(11(15)16)7-3-2-4-8(12)5-7/h2-5,9H,6H2,1H3,(H,13,14)(H,15,16). The minimum atomic E-state index is -0.998. The van der Waals surface area contributed by atoms with Crippen LogP contribution in [0.1, 0.15) is 17.9 Å². The Labute approximate surface area is 102 Å². The van der Waals surface area contributed by atoms with Gasteiger partial charge in [0.25, 0.3) is 0 Å². The highest BCUT2D eigenvalue weighted by Crippen LogP contribution is 2.23. The zero-order chi connectivity index (χ0) is 12.1. The van der Waals surface area contributed by atoms with Crippen LogP contribution in [0.2, 0.25) is 0 Å². The Kier molecular flexibility index (Phi) is 4.49. The molecule has 1 aromatic carbocycles. The van der Waals surface area contributed by atoms with Crippen LogP contribution < -0.4 is 5.32 Å². The highest BCUT2D eigenvalue weighted by Gasteiger charge is 2.22. The van der Waals surface area contributed by atoms with Crippen molar-refractivity contribution in [1.82, 2.24) is 5.32 Å². The first-order valence-electron chi connectivity index (χ1n) is 4.73. The van der Waals surface area contributed by atoms with Crippen LogP contribution in [0, 0.1) is 0 Å².